The molecular formula is C10H20ClNOS. The number of thioether (sulfide) groups is 1. The molecule has 4 heteroatoms. The monoisotopic (exact) mass is 237 g/mol. The topological polar surface area (TPSA) is 23.5 Å². The molecule has 0 amide bonds. The summed E-state index contributed by atoms with van der Waals surface area (Å²) in [5.74, 6) is 1.08. The van der Waals surface area contributed by atoms with E-state index >= 15 is 0 Å². The van der Waals surface area contributed by atoms with E-state index in [9.17, 15) is 0 Å². The minimum absolute atomic E-state index is 0. The highest BCUT2D eigenvalue weighted by molar-refractivity contribution is 8.03. The van der Waals surface area contributed by atoms with Crippen LogP contribution in [0.3, 0.4) is 0 Å². The van der Waals surface area contributed by atoms with Crippen LogP contribution in [0.25, 0.3) is 0 Å². The van der Waals surface area contributed by atoms with E-state index in [4.69, 9.17) is 5.11 Å². The summed E-state index contributed by atoms with van der Waals surface area (Å²) in [6.07, 6.45) is 3.35. The number of allylic oxidation sites excluding steroid dienone is 1. The van der Waals surface area contributed by atoms with E-state index in [2.05, 4.69) is 18.7 Å². The van der Waals surface area contributed by atoms with Gasteiger partial charge < -0.3 is 10.0 Å². The lowest BCUT2D eigenvalue weighted by Crippen LogP contribution is -2.18. The van der Waals surface area contributed by atoms with E-state index in [0.717, 1.165) is 12.3 Å². The molecule has 0 aromatic rings. The van der Waals surface area contributed by atoms with Gasteiger partial charge in [0.25, 0.3) is 0 Å². The standard InChI is InChI=1S/C10H19NOS.ClH/c1-3-4-6-11-8-13-10(5-7-12)9(11)2;/h12H,3-8H2,1-2H3;1H. The van der Waals surface area contributed by atoms with E-state index in [-0.39, 0.29) is 19.0 Å². The molecule has 0 bridgehead atoms. The molecule has 0 aromatic carbocycles. The lowest BCUT2D eigenvalue weighted by molar-refractivity contribution is 0.300. The van der Waals surface area contributed by atoms with Crippen molar-refractivity contribution < 1.29 is 5.11 Å². The van der Waals surface area contributed by atoms with Crippen LogP contribution < -0.4 is 0 Å². The molecule has 0 radical (unpaired) electrons. The summed E-state index contributed by atoms with van der Waals surface area (Å²) in [6.45, 7) is 5.84. The van der Waals surface area contributed by atoms with Crippen molar-refractivity contribution >= 4 is 24.2 Å². The summed E-state index contributed by atoms with van der Waals surface area (Å²) in [5.41, 5.74) is 1.38. The molecule has 14 heavy (non-hydrogen) atoms. The largest absolute Gasteiger partial charge is 0.396 e. The Morgan fingerprint density at radius 3 is 2.79 bits per heavy atom. The minimum Gasteiger partial charge on any atom is -0.396 e. The summed E-state index contributed by atoms with van der Waals surface area (Å²) in [5, 5.41) is 8.84. The van der Waals surface area contributed by atoms with Crippen molar-refractivity contribution in [2.45, 2.75) is 33.1 Å². The van der Waals surface area contributed by atoms with E-state index < -0.39 is 0 Å². The molecule has 0 aromatic heterocycles. The summed E-state index contributed by atoms with van der Waals surface area (Å²) < 4.78 is 0. The van der Waals surface area contributed by atoms with E-state index in [1.54, 1.807) is 0 Å². The zero-order valence-electron chi connectivity index (χ0n) is 8.95. The molecule has 1 heterocycles. The van der Waals surface area contributed by atoms with Crippen molar-refractivity contribution in [1.29, 1.82) is 0 Å². The number of nitrogens with zero attached hydrogens (tertiary/aromatic N) is 1. The Kier molecular flexibility index (Phi) is 7.51. The van der Waals surface area contributed by atoms with Gasteiger partial charge in [0.05, 0.1) is 5.88 Å². The average Bonchev–Trinajstić information content (AvgIpc) is 2.46. The third-order valence-electron chi connectivity index (χ3n) is 2.39. The van der Waals surface area contributed by atoms with E-state index in [0.29, 0.717) is 0 Å². The second-order valence-corrected chi connectivity index (χ2v) is 4.41. The molecule has 1 aliphatic rings. The number of halogens is 1. The van der Waals surface area contributed by atoms with Crippen molar-refractivity contribution in [3.05, 3.63) is 10.6 Å². The van der Waals surface area contributed by atoms with Crippen molar-refractivity contribution in [2.24, 2.45) is 0 Å². The van der Waals surface area contributed by atoms with E-state index in [1.165, 1.54) is 30.0 Å². The molecule has 0 saturated heterocycles. The maximum absolute atomic E-state index is 8.84. The van der Waals surface area contributed by atoms with Gasteiger partial charge >= 0.3 is 0 Å². The number of hydrogen-bond acceptors (Lipinski definition) is 3. The van der Waals surface area contributed by atoms with Crippen LogP contribution in [-0.2, 0) is 0 Å². The summed E-state index contributed by atoms with van der Waals surface area (Å²) in [4.78, 5) is 3.79. The Labute approximate surface area is 97.2 Å². The Bertz CT molecular complexity index is 197. The fourth-order valence-electron chi connectivity index (χ4n) is 1.47. The molecular weight excluding hydrogens is 218 g/mol. The van der Waals surface area contributed by atoms with Crippen molar-refractivity contribution in [1.82, 2.24) is 4.90 Å². The first-order valence-electron chi connectivity index (χ1n) is 4.98. The minimum atomic E-state index is 0. The van der Waals surface area contributed by atoms with Gasteiger partial charge in [0.1, 0.15) is 0 Å². The van der Waals surface area contributed by atoms with Gasteiger partial charge in [-0.2, -0.15) is 0 Å². The third kappa shape index (κ3) is 3.71. The lowest BCUT2D eigenvalue weighted by Gasteiger charge is -2.18. The fourth-order valence-corrected chi connectivity index (χ4v) is 2.68. The molecule has 84 valence electrons. The Morgan fingerprint density at radius 2 is 2.21 bits per heavy atom. The van der Waals surface area contributed by atoms with Crippen LogP contribution in [0.15, 0.2) is 10.6 Å². The molecule has 2 nitrogen and oxygen atoms in total. The van der Waals surface area contributed by atoms with Crippen molar-refractivity contribution in [2.75, 3.05) is 19.0 Å². The van der Waals surface area contributed by atoms with Gasteiger partial charge in [0.15, 0.2) is 0 Å². The molecule has 0 saturated carbocycles. The number of aliphatic hydroxyl groups is 1. The van der Waals surface area contributed by atoms with Gasteiger partial charge in [-0.05, 0) is 13.3 Å². The molecule has 1 rings (SSSR count). The first kappa shape index (κ1) is 14.1. The SMILES string of the molecule is CCCCN1CSC(CCO)=C1C.Cl. The summed E-state index contributed by atoms with van der Waals surface area (Å²) in [7, 11) is 0. The first-order chi connectivity index (χ1) is 6.29. The van der Waals surface area contributed by atoms with Crippen LogP contribution in [-0.4, -0.2) is 29.0 Å². The number of unbranched alkanes of at least 4 members (excludes halogenated alkanes) is 1. The molecule has 0 atom stereocenters. The van der Waals surface area contributed by atoms with E-state index in [1.807, 2.05) is 11.8 Å². The highest BCUT2D eigenvalue weighted by atomic mass is 35.5. The molecule has 0 unspecified atom stereocenters. The van der Waals surface area contributed by atoms with Crippen LogP contribution in [0.1, 0.15) is 33.1 Å². The maximum Gasteiger partial charge on any atom is 0.0680 e. The first-order valence-corrected chi connectivity index (χ1v) is 5.96. The van der Waals surface area contributed by atoms with Gasteiger partial charge in [-0.3, -0.25) is 0 Å². The average molecular weight is 238 g/mol. The lowest BCUT2D eigenvalue weighted by atomic mass is 10.3. The predicted molar refractivity (Wildman–Crippen MR) is 65.7 cm³/mol. The van der Waals surface area contributed by atoms with Crippen LogP contribution in [0.4, 0.5) is 0 Å². The summed E-state index contributed by atoms with van der Waals surface area (Å²) >= 11 is 1.88. The van der Waals surface area contributed by atoms with Crippen molar-refractivity contribution in [3.63, 3.8) is 0 Å². The molecule has 1 N–H and O–H groups in total. The molecule has 0 fully saturated rings. The molecule has 1 aliphatic heterocycles. The van der Waals surface area contributed by atoms with Gasteiger partial charge in [-0.15, -0.1) is 24.2 Å². The fraction of sp³-hybridized carbons (Fsp3) is 0.800. The van der Waals surface area contributed by atoms with Crippen LogP contribution in [0.2, 0.25) is 0 Å². The van der Waals surface area contributed by atoms with Crippen molar-refractivity contribution in [3.8, 4) is 0 Å². The van der Waals surface area contributed by atoms with Gasteiger partial charge in [-0.25, -0.2) is 0 Å². The second-order valence-electron chi connectivity index (χ2n) is 3.37. The highest BCUT2D eigenvalue weighted by Gasteiger charge is 2.17. The zero-order valence-corrected chi connectivity index (χ0v) is 10.6. The Balaban J connectivity index is 0.00000169. The Morgan fingerprint density at radius 1 is 1.50 bits per heavy atom. The number of aliphatic hydroxyl groups excluding tert-OH is 1. The van der Waals surface area contributed by atoms with Gasteiger partial charge in [-0.1, -0.05) is 13.3 Å². The molecule has 0 spiro atoms. The van der Waals surface area contributed by atoms with Gasteiger partial charge in [0.2, 0.25) is 0 Å². The number of hydrogen-bond donors (Lipinski definition) is 1. The summed E-state index contributed by atoms with van der Waals surface area (Å²) in [6, 6.07) is 0. The van der Waals surface area contributed by atoms with Crippen LogP contribution >= 0.6 is 24.2 Å². The highest BCUT2D eigenvalue weighted by Crippen LogP contribution is 2.33. The predicted octanol–water partition coefficient (Wildman–Crippen LogP) is 2.83. The maximum atomic E-state index is 8.84. The molecule has 0 aliphatic carbocycles. The quantitative estimate of drug-likeness (QED) is 0.796. The Hall–Kier alpha value is 0.140. The zero-order chi connectivity index (χ0) is 9.68. The van der Waals surface area contributed by atoms with Crippen LogP contribution in [0, 0.1) is 0 Å². The number of rotatable bonds is 5. The third-order valence-corrected chi connectivity index (χ3v) is 3.68. The second kappa shape index (κ2) is 7.43. The van der Waals surface area contributed by atoms with Crippen LogP contribution in [0.5, 0.6) is 0 Å². The van der Waals surface area contributed by atoms with Gasteiger partial charge in [0, 0.05) is 30.2 Å². The normalized spacial score (nSPS) is 16.1. The smallest absolute Gasteiger partial charge is 0.0680 e.